The Morgan fingerprint density at radius 1 is 1.29 bits per heavy atom. The number of furan rings is 1. The van der Waals surface area contributed by atoms with Crippen molar-refractivity contribution < 1.29 is 13.7 Å². The van der Waals surface area contributed by atoms with E-state index >= 15 is 0 Å². The third kappa shape index (κ3) is 3.33. The lowest BCUT2D eigenvalue weighted by Crippen LogP contribution is -2.28. The van der Waals surface area contributed by atoms with Crippen molar-refractivity contribution in [3.8, 4) is 11.3 Å². The van der Waals surface area contributed by atoms with Gasteiger partial charge in [-0.1, -0.05) is 35.8 Å². The summed E-state index contributed by atoms with van der Waals surface area (Å²) in [5, 5.41) is 7.14. The maximum Gasteiger partial charge on any atom is 0.287 e. The first-order valence-corrected chi connectivity index (χ1v) is 7.92. The second kappa shape index (κ2) is 6.88. The molecule has 0 spiro atoms. The standard InChI is InChI=1S/C17H16ClN3O3/c1-3-13(17-19-10(2)21-24-17)20-16(22)15-9-8-14(23-15)11-6-4-5-7-12(11)18/h4-9,13H,3H2,1-2H3,(H,20,22). The quantitative estimate of drug-likeness (QED) is 0.750. The van der Waals surface area contributed by atoms with Gasteiger partial charge in [0.05, 0.1) is 5.02 Å². The topological polar surface area (TPSA) is 81.2 Å². The summed E-state index contributed by atoms with van der Waals surface area (Å²) in [5.41, 5.74) is 0.734. The van der Waals surface area contributed by atoms with Crippen molar-refractivity contribution in [1.82, 2.24) is 15.5 Å². The van der Waals surface area contributed by atoms with Gasteiger partial charge in [-0.3, -0.25) is 4.79 Å². The van der Waals surface area contributed by atoms with Crippen LogP contribution in [0.1, 0.15) is 41.7 Å². The van der Waals surface area contributed by atoms with Crippen molar-refractivity contribution in [2.75, 3.05) is 0 Å². The van der Waals surface area contributed by atoms with E-state index in [1.54, 1.807) is 25.1 Å². The molecule has 0 saturated carbocycles. The zero-order chi connectivity index (χ0) is 17.1. The zero-order valence-corrected chi connectivity index (χ0v) is 14.0. The van der Waals surface area contributed by atoms with Gasteiger partial charge in [0.1, 0.15) is 11.8 Å². The number of carbonyl (C=O) groups excluding carboxylic acids is 1. The highest BCUT2D eigenvalue weighted by molar-refractivity contribution is 6.33. The van der Waals surface area contributed by atoms with Crippen LogP contribution in [-0.2, 0) is 0 Å². The first-order valence-electron chi connectivity index (χ1n) is 7.54. The Hall–Kier alpha value is -2.60. The molecule has 0 aliphatic rings. The first-order chi connectivity index (χ1) is 11.6. The molecule has 3 aromatic rings. The molecule has 1 unspecified atom stereocenters. The molecule has 0 bridgehead atoms. The van der Waals surface area contributed by atoms with E-state index < -0.39 is 0 Å². The van der Waals surface area contributed by atoms with Crippen LogP contribution in [0.25, 0.3) is 11.3 Å². The maximum absolute atomic E-state index is 12.4. The zero-order valence-electron chi connectivity index (χ0n) is 13.2. The molecule has 2 heterocycles. The van der Waals surface area contributed by atoms with Crippen LogP contribution in [0, 0.1) is 6.92 Å². The number of hydrogen-bond donors (Lipinski definition) is 1. The average molecular weight is 346 g/mol. The number of benzene rings is 1. The predicted octanol–water partition coefficient (Wildman–Crippen LogP) is 4.17. The predicted molar refractivity (Wildman–Crippen MR) is 88.7 cm³/mol. The van der Waals surface area contributed by atoms with Crippen LogP contribution in [0.4, 0.5) is 0 Å². The molecular weight excluding hydrogens is 330 g/mol. The van der Waals surface area contributed by atoms with Crippen molar-refractivity contribution in [2.45, 2.75) is 26.3 Å². The smallest absolute Gasteiger partial charge is 0.287 e. The number of halogens is 1. The van der Waals surface area contributed by atoms with Crippen LogP contribution in [0.15, 0.2) is 45.3 Å². The Labute approximate surface area is 143 Å². The van der Waals surface area contributed by atoms with Gasteiger partial charge in [0.15, 0.2) is 11.6 Å². The minimum absolute atomic E-state index is 0.194. The van der Waals surface area contributed by atoms with E-state index in [4.69, 9.17) is 20.5 Å². The minimum Gasteiger partial charge on any atom is -0.451 e. The van der Waals surface area contributed by atoms with Gasteiger partial charge < -0.3 is 14.3 Å². The van der Waals surface area contributed by atoms with Crippen LogP contribution in [0.3, 0.4) is 0 Å². The lowest BCUT2D eigenvalue weighted by Gasteiger charge is -2.11. The molecule has 3 rings (SSSR count). The van der Waals surface area contributed by atoms with Gasteiger partial charge in [-0.25, -0.2) is 0 Å². The normalized spacial score (nSPS) is 12.1. The molecule has 0 aliphatic heterocycles. The van der Waals surface area contributed by atoms with Gasteiger partial charge in [-0.05, 0) is 37.6 Å². The van der Waals surface area contributed by atoms with E-state index in [2.05, 4.69) is 15.5 Å². The molecule has 0 fully saturated rings. The Balaban J connectivity index is 1.77. The number of rotatable bonds is 5. The van der Waals surface area contributed by atoms with Crippen LogP contribution < -0.4 is 5.32 Å². The molecule has 1 N–H and O–H groups in total. The first kappa shape index (κ1) is 16.3. The lowest BCUT2D eigenvalue weighted by atomic mass is 10.2. The number of hydrogen-bond acceptors (Lipinski definition) is 5. The fourth-order valence-corrected chi connectivity index (χ4v) is 2.52. The fourth-order valence-electron chi connectivity index (χ4n) is 2.29. The van der Waals surface area contributed by atoms with Crippen molar-refractivity contribution in [1.29, 1.82) is 0 Å². The summed E-state index contributed by atoms with van der Waals surface area (Å²) in [6, 6.07) is 10.2. The molecule has 24 heavy (non-hydrogen) atoms. The largest absolute Gasteiger partial charge is 0.451 e. The van der Waals surface area contributed by atoms with E-state index in [1.165, 1.54) is 0 Å². The van der Waals surface area contributed by atoms with E-state index in [0.717, 1.165) is 5.56 Å². The van der Waals surface area contributed by atoms with E-state index in [9.17, 15) is 4.79 Å². The highest BCUT2D eigenvalue weighted by Crippen LogP contribution is 2.29. The summed E-state index contributed by atoms with van der Waals surface area (Å²) in [6.07, 6.45) is 0.617. The molecule has 2 aromatic heterocycles. The Kier molecular flexibility index (Phi) is 4.66. The fraction of sp³-hybridized carbons (Fsp3) is 0.235. The Bertz CT molecular complexity index is 856. The van der Waals surface area contributed by atoms with Crippen molar-refractivity contribution in [2.24, 2.45) is 0 Å². The van der Waals surface area contributed by atoms with Crippen molar-refractivity contribution >= 4 is 17.5 Å². The SMILES string of the molecule is CCC(NC(=O)c1ccc(-c2ccccc2Cl)o1)c1nc(C)no1. The molecule has 7 heteroatoms. The van der Waals surface area contributed by atoms with E-state index in [1.807, 2.05) is 25.1 Å². The summed E-state index contributed by atoms with van der Waals surface area (Å²) in [4.78, 5) is 16.5. The number of aromatic nitrogens is 2. The molecule has 1 aromatic carbocycles. The van der Waals surface area contributed by atoms with Crippen molar-refractivity contribution in [3.63, 3.8) is 0 Å². The molecule has 0 aliphatic carbocycles. The number of aryl methyl sites for hydroxylation is 1. The highest BCUT2D eigenvalue weighted by Gasteiger charge is 2.21. The van der Waals surface area contributed by atoms with Gasteiger partial charge in [0, 0.05) is 5.56 Å². The lowest BCUT2D eigenvalue weighted by molar-refractivity contribution is 0.0899. The maximum atomic E-state index is 12.4. The van der Waals surface area contributed by atoms with Crippen molar-refractivity contribution in [3.05, 3.63) is 58.9 Å². The Morgan fingerprint density at radius 3 is 2.75 bits per heavy atom. The molecule has 1 amide bonds. The van der Waals surface area contributed by atoms with Crippen LogP contribution in [-0.4, -0.2) is 16.0 Å². The van der Waals surface area contributed by atoms with Gasteiger partial charge in [0.2, 0.25) is 5.89 Å². The molecule has 124 valence electrons. The summed E-state index contributed by atoms with van der Waals surface area (Å²) in [6.45, 7) is 3.64. The summed E-state index contributed by atoms with van der Waals surface area (Å²) in [7, 11) is 0. The third-order valence-corrected chi connectivity index (χ3v) is 3.85. The summed E-state index contributed by atoms with van der Waals surface area (Å²) in [5.74, 6) is 1.28. The molecule has 1 atom stereocenters. The monoisotopic (exact) mass is 345 g/mol. The molecular formula is C17H16ClN3O3. The van der Waals surface area contributed by atoms with Crippen LogP contribution >= 0.6 is 11.6 Å². The van der Waals surface area contributed by atoms with Gasteiger partial charge >= 0.3 is 0 Å². The summed E-state index contributed by atoms with van der Waals surface area (Å²) >= 11 is 6.15. The number of amides is 1. The number of nitrogens with zero attached hydrogens (tertiary/aromatic N) is 2. The van der Waals surface area contributed by atoms with Crippen LogP contribution in [0.2, 0.25) is 5.02 Å². The van der Waals surface area contributed by atoms with Gasteiger partial charge in [0.25, 0.3) is 5.91 Å². The van der Waals surface area contributed by atoms with Gasteiger partial charge in [-0.15, -0.1) is 0 Å². The van der Waals surface area contributed by atoms with Crippen LogP contribution in [0.5, 0.6) is 0 Å². The molecule has 0 radical (unpaired) electrons. The summed E-state index contributed by atoms with van der Waals surface area (Å²) < 4.78 is 10.8. The van der Waals surface area contributed by atoms with E-state index in [0.29, 0.717) is 28.9 Å². The average Bonchev–Trinajstić information content (AvgIpc) is 3.22. The second-order valence-corrected chi connectivity index (χ2v) is 5.67. The third-order valence-electron chi connectivity index (χ3n) is 3.52. The number of carbonyl (C=O) groups is 1. The minimum atomic E-state index is -0.368. The second-order valence-electron chi connectivity index (χ2n) is 5.26. The van der Waals surface area contributed by atoms with E-state index in [-0.39, 0.29) is 17.7 Å². The Morgan fingerprint density at radius 2 is 2.08 bits per heavy atom. The van der Waals surface area contributed by atoms with Gasteiger partial charge in [-0.2, -0.15) is 4.98 Å². The molecule has 6 nitrogen and oxygen atoms in total. The number of nitrogens with one attached hydrogen (secondary N) is 1. The molecule has 0 saturated heterocycles. The highest BCUT2D eigenvalue weighted by atomic mass is 35.5.